The van der Waals surface area contributed by atoms with Gasteiger partial charge in [0.25, 0.3) is 15.9 Å². The molecule has 2 aliphatic heterocycles. The summed E-state index contributed by atoms with van der Waals surface area (Å²) >= 11 is 7.83. The lowest BCUT2D eigenvalue weighted by Gasteiger charge is -2.46. The Bertz CT molecular complexity index is 2490. The minimum Gasteiger partial charge on any atom is -0.414 e. The largest absolute Gasteiger partial charge is 0.414 e. The summed E-state index contributed by atoms with van der Waals surface area (Å²) < 4.78 is 69.4. The molecule has 356 valence electrons. The molecule has 3 aromatic carbocycles. The number of carbonyl (C=O) groups is 3. The minimum absolute atomic E-state index is 0.00967. The number of nitrogens with one attached hydrogen (secondary N) is 1. The number of rotatable bonds is 17. The van der Waals surface area contributed by atoms with Crippen molar-refractivity contribution >= 4 is 65.9 Å². The second-order valence-corrected chi connectivity index (χ2v) is 36.0. The van der Waals surface area contributed by atoms with Crippen LogP contribution in [-0.4, -0.2) is 102 Å². The smallest absolute Gasteiger partial charge is 0.328 e. The van der Waals surface area contributed by atoms with Gasteiger partial charge in [-0.3, -0.25) is 14.5 Å². The Balaban J connectivity index is 1.64. The third-order valence-electron chi connectivity index (χ3n) is 14.4. The number of halogens is 1. The van der Waals surface area contributed by atoms with Gasteiger partial charge in [-0.05, 0) is 85.8 Å². The Hall–Kier alpha value is -3.39. The lowest BCUT2D eigenvalue weighted by Crippen LogP contribution is -2.63. The van der Waals surface area contributed by atoms with Crippen molar-refractivity contribution in [3.8, 4) is 0 Å². The number of hydrogen-bond donors (Lipinski definition) is 1. The highest BCUT2D eigenvalue weighted by atomic mass is 35.5. The average molecular weight is 986 g/mol. The molecule has 65 heavy (non-hydrogen) atoms. The summed E-state index contributed by atoms with van der Waals surface area (Å²) in [7, 11) is -13.5. The molecule has 4 amide bonds. The second-order valence-electron chi connectivity index (χ2n) is 20.8. The molecule has 3 aliphatic rings. The molecular weight excluding hydrogens is 916 g/mol. The van der Waals surface area contributed by atoms with Crippen LogP contribution in [0.4, 0.5) is 4.79 Å². The molecule has 6 rings (SSSR count). The molecule has 0 aromatic heterocycles. The monoisotopic (exact) mass is 984 g/mol. The van der Waals surface area contributed by atoms with Crippen LogP contribution in [0.15, 0.2) is 76.5 Å². The van der Waals surface area contributed by atoms with Crippen LogP contribution in [0.3, 0.4) is 0 Å². The highest BCUT2D eigenvalue weighted by molar-refractivity contribution is 7.90. The second kappa shape index (κ2) is 18.6. The van der Waals surface area contributed by atoms with Gasteiger partial charge in [0.15, 0.2) is 8.32 Å². The predicted octanol–water partition coefficient (Wildman–Crippen LogP) is 9.00. The summed E-state index contributed by atoms with van der Waals surface area (Å²) in [5.74, 6) is -5.13. The number of amides is 4. The van der Waals surface area contributed by atoms with Crippen molar-refractivity contribution in [1.82, 2.24) is 18.8 Å². The fraction of sp³-hybridized carbons (Fsp3) is 0.562. The highest BCUT2D eigenvalue weighted by Crippen LogP contribution is 2.61. The molecule has 0 bridgehead atoms. The molecule has 1 N–H and O–H groups in total. The summed E-state index contributed by atoms with van der Waals surface area (Å²) in [6, 6.07) is 17.1. The van der Waals surface area contributed by atoms with Crippen molar-refractivity contribution in [2.45, 2.75) is 145 Å². The SMILES string of the molecule is Cc1ccc(S(=O)(=O)NC[C@H]2[C@H]3C(=O)N(S(=O)(=O)c4ccc(C)cc4)[C@H](CO[Si](C(C)C)(C(C)C)C(C)C)[C@H]3[C@]3(C(=O)N(CC[Si](C)(C)C)C(=O)N3Cc3ccc(C)cc3C)[C@@H]2Cl)cc1. The molecule has 1 aliphatic carbocycles. The number of carbonyl (C=O) groups excluding carboxylic acids is 3. The normalized spacial score (nSPS) is 24.2. The van der Waals surface area contributed by atoms with Crippen molar-refractivity contribution in [3.05, 3.63) is 94.5 Å². The van der Waals surface area contributed by atoms with E-state index in [2.05, 4.69) is 65.9 Å². The summed E-state index contributed by atoms with van der Waals surface area (Å²) in [4.78, 5) is 49.5. The molecule has 2 heterocycles. The Kier molecular flexibility index (Phi) is 14.6. The maximum atomic E-state index is 15.9. The van der Waals surface area contributed by atoms with E-state index in [4.69, 9.17) is 16.0 Å². The van der Waals surface area contributed by atoms with Crippen molar-refractivity contribution in [1.29, 1.82) is 0 Å². The zero-order valence-corrected chi connectivity index (χ0v) is 44.7. The van der Waals surface area contributed by atoms with Gasteiger partial charge in [0.1, 0.15) is 5.54 Å². The standard InChI is InChI=1S/C48H69ClN4O8S2Si2/c1-30(2)65(31(3)4,32(5)6)61-29-41-43-42(45(54)53(41)63(59,60)39-22-17-34(8)18-23-39)40(27-50-62(57,58)38-20-15-33(7)16-21-38)44(49)48(43)46(55)51(24-25-64(11,12)13)47(56)52(48)28-37-19-14-35(9)26-36(37)10/h14-23,26,30-32,40-44,50H,24-25,27-29H2,1-13H3/t40-,41+,42+,43+,44+,48+/m0/s1. The molecule has 0 unspecified atom stereocenters. The van der Waals surface area contributed by atoms with Gasteiger partial charge < -0.3 is 9.33 Å². The number of sulfonamides is 2. The maximum absolute atomic E-state index is 15.9. The number of imide groups is 1. The average Bonchev–Trinajstić information content (AvgIpc) is 3.72. The van der Waals surface area contributed by atoms with Crippen molar-refractivity contribution in [2.24, 2.45) is 17.8 Å². The molecule has 0 radical (unpaired) electrons. The summed E-state index contributed by atoms with van der Waals surface area (Å²) in [5.41, 5.74) is 2.52. The molecule has 1 saturated carbocycles. The lowest BCUT2D eigenvalue weighted by atomic mass is 9.78. The number of fused-ring (bicyclic) bond motifs is 2. The molecule has 3 fully saturated rings. The third-order valence-corrected chi connectivity index (χ3v) is 26.1. The van der Waals surface area contributed by atoms with Gasteiger partial charge in [0.05, 0.1) is 33.7 Å². The Labute approximate surface area is 395 Å². The van der Waals surface area contributed by atoms with E-state index in [0.29, 0.717) is 6.04 Å². The summed E-state index contributed by atoms with van der Waals surface area (Å²) in [6.07, 6.45) is 0. The van der Waals surface area contributed by atoms with E-state index in [-0.39, 0.29) is 46.1 Å². The van der Waals surface area contributed by atoms with Gasteiger partial charge in [-0.1, -0.05) is 120 Å². The van der Waals surface area contributed by atoms with Crippen molar-refractivity contribution in [3.63, 3.8) is 0 Å². The fourth-order valence-electron chi connectivity index (χ4n) is 11.2. The number of benzene rings is 3. The highest BCUT2D eigenvalue weighted by Gasteiger charge is 2.79. The lowest BCUT2D eigenvalue weighted by molar-refractivity contribution is -0.136. The first-order valence-corrected chi connectivity index (χ1v) is 32.0. The first-order valence-electron chi connectivity index (χ1n) is 22.8. The number of nitrogens with zero attached hydrogens (tertiary/aromatic N) is 3. The Morgan fingerprint density at radius 3 is 1.80 bits per heavy atom. The first kappa shape index (κ1) is 51.0. The molecule has 17 heteroatoms. The number of aryl methyl sites for hydroxylation is 4. The van der Waals surface area contributed by atoms with Gasteiger partial charge in [0, 0.05) is 39.5 Å². The van der Waals surface area contributed by atoms with E-state index in [0.717, 1.165) is 32.1 Å². The predicted molar refractivity (Wildman–Crippen MR) is 262 cm³/mol. The van der Waals surface area contributed by atoms with Crippen LogP contribution >= 0.6 is 11.6 Å². The van der Waals surface area contributed by atoms with E-state index in [1.807, 2.05) is 45.9 Å². The zero-order chi connectivity index (χ0) is 48.4. The van der Waals surface area contributed by atoms with Gasteiger partial charge in [-0.2, -0.15) is 0 Å². The quantitative estimate of drug-likeness (QED) is 0.0800. The van der Waals surface area contributed by atoms with Crippen LogP contribution < -0.4 is 4.72 Å². The molecule has 2 saturated heterocycles. The van der Waals surface area contributed by atoms with E-state index in [1.165, 1.54) is 34.1 Å². The first-order chi connectivity index (χ1) is 30.1. The summed E-state index contributed by atoms with van der Waals surface area (Å²) in [6.45, 7) is 26.1. The Morgan fingerprint density at radius 2 is 1.29 bits per heavy atom. The van der Waals surface area contributed by atoms with E-state index in [1.54, 1.807) is 24.3 Å². The minimum atomic E-state index is -4.65. The maximum Gasteiger partial charge on any atom is 0.328 e. The topological polar surface area (TPSA) is 150 Å². The van der Waals surface area contributed by atoms with Crippen LogP contribution in [0, 0.1) is 45.4 Å². The molecule has 3 aromatic rings. The molecule has 12 nitrogen and oxygen atoms in total. The summed E-state index contributed by atoms with van der Waals surface area (Å²) in [5, 5.41) is -1.34. The van der Waals surface area contributed by atoms with E-state index < -0.39 is 95.5 Å². The van der Waals surface area contributed by atoms with Gasteiger partial charge in [-0.15, -0.1) is 11.6 Å². The third kappa shape index (κ3) is 9.06. The molecule has 6 atom stereocenters. The number of hydrogen-bond acceptors (Lipinski definition) is 8. The van der Waals surface area contributed by atoms with E-state index >= 15 is 22.8 Å². The van der Waals surface area contributed by atoms with Crippen LogP contribution in [0.2, 0.25) is 42.3 Å². The van der Waals surface area contributed by atoms with E-state index in [9.17, 15) is 8.42 Å². The molecule has 1 spiro atoms. The molecular formula is C48H69ClN4O8S2Si2. The number of alkyl halides is 1. The van der Waals surface area contributed by atoms with Crippen LogP contribution in [-0.2, 0) is 40.6 Å². The van der Waals surface area contributed by atoms with Crippen molar-refractivity contribution in [2.75, 3.05) is 19.7 Å². The Morgan fingerprint density at radius 1 is 0.769 bits per heavy atom. The van der Waals surface area contributed by atoms with Crippen LogP contribution in [0.1, 0.15) is 69.4 Å². The van der Waals surface area contributed by atoms with Gasteiger partial charge in [0.2, 0.25) is 15.9 Å². The fourth-order valence-corrected chi connectivity index (χ4v) is 20.8. The number of urea groups is 1. The zero-order valence-electron chi connectivity index (χ0n) is 40.3. The van der Waals surface area contributed by atoms with Gasteiger partial charge in [-0.25, -0.2) is 30.7 Å². The van der Waals surface area contributed by atoms with Crippen LogP contribution in [0.25, 0.3) is 0 Å². The van der Waals surface area contributed by atoms with Gasteiger partial charge >= 0.3 is 6.03 Å². The van der Waals surface area contributed by atoms with Crippen molar-refractivity contribution < 1.29 is 35.6 Å². The van der Waals surface area contributed by atoms with Crippen LogP contribution in [0.5, 0.6) is 0 Å².